The largest absolute Gasteiger partial charge is 1.00 e. The van der Waals surface area contributed by atoms with E-state index in [2.05, 4.69) is 99.9 Å². The molecule has 6 rings (SSSR count). The maximum atomic E-state index is 14.0. The maximum Gasteiger partial charge on any atom is 0.306 e. The predicted octanol–water partition coefficient (Wildman–Crippen LogP) is 13.7. The van der Waals surface area contributed by atoms with Gasteiger partial charge in [0.05, 0.1) is 33.8 Å². The Kier molecular flexibility index (Phi) is 29.4. The summed E-state index contributed by atoms with van der Waals surface area (Å²) in [4.78, 5) is 29.9. The Morgan fingerprint density at radius 2 is 1.38 bits per heavy atom. The van der Waals surface area contributed by atoms with Gasteiger partial charge in [-0.25, -0.2) is 0 Å². The highest BCUT2D eigenvalue weighted by Gasteiger charge is 2.59. The molecule has 1 N–H and O–H groups in total. The Labute approximate surface area is 479 Å². The molecule has 2 aromatic rings. The second-order valence-corrected chi connectivity index (χ2v) is 25.7. The number of likely N-dealkylation sites (N-methyl/N-ethyl adjacent to an activating group) is 2. The zero-order valence-electron chi connectivity index (χ0n) is 51.0. The van der Waals surface area contributed by atoms with Crippen LogP contribution in [0, 0.1) is 52.3 Å². The van der Waals surface area contributed by atoms with Crippen LogP contribution in [0.4, 0.5) is 0 Å². The Bertz CT molecular complexity index is 2010. The van der Waals surface area contributed by atoms with Crippen molar-refractivity contribution in [1.29, 1.82) is 0 Å². The molecular formula is C70H113ClN2O4. The highest BCUT2D eigenvalue weighted by atomic mass is 35.5. The van der Waals surface area contributed by atoms with Crippen molar-refractivity contribution < 1.29 is 36.4 Å². The van der Waals surface area contributed by atoms with Crippen molar-refractivity contribution in [2.75, 3.05) is 40.8 Å². The minimum Gasteiger partial charge on any atom is -1.00 e. The molecule has 0 unspecified atom stereocenters. The van der Waals surface area contributed by atoms with Crippen LogP contribution in [0.2, 0.25) is 0 Å². The number of rotatable bonds is 31. The molecule has 4 aliphatic carbocycles. The molecule has 0 aromatic heterocycles. The fourth-order valence-corrected chi connectivity index (χ4v) is 14.6. The number of carbonyl (C=O) groups is 2. The van der Waals surface area contributed by atoms with E-state index in [0.717, 1.165) is 98.1 Å². The fourth-order valence-electron chi connectivity index (χ4n) is 14.6. The summed E-state index contributed by atoms with van der Waals surface area (Å²) in [5, 5.41) is 0. The van der Waals surface area contributed by atoms with Gasteiger partial charge in [-0.15, -0.1) is 0 Å². The van der Waals surface area contributed by atoms with Crippen molar-refractivity contribution in [2.24, 2.45) is 52.3 Å². The molecule has 3 fully saturated rings. The zero-order valence-corrected chi connectivity index (χ0v) is 51.8. The van der Waals surface area contributed by atoms with E-state index in [1.165, 1.54) is 114 Å². The average Bonchev–Trinajstić information content (AvgIpc) is 3.96. The SMILES string of the molecule is CCC(CC)COC(C(=O)N(C)CC[NH+](C)C)(c1ccccc1)c1ccccc1.CCCCC/C=C\C/C=C\CCCCCCCC(=O)O[C@H]1CC[C@@]2(C)C(=CC[C@H]3[C@@H]4CC[C@H]([C@H](C)CCCC(C)C)[C@@]4(C)CC[C@@H]32)C1.[Cl-]. The number of fused-ring (bicyclic) bond motifs is 5. The van der Waals surface area contributed by atoms with Crippen LogP contribution in [0.15, 0.2) is 96.6 Å². The average molecular weight is 1080 g/mol. The third-order valence-corrected chi connectivity index (χ3v) is 19.5. The highest BCUT2D eigenvalue weighted by molar-refractivity contribution is 5.90. The number of halogens is 1. The van der Waals surface area contributed by atoms with Gasteiger partial charge in [-0.05, 0) is 147 Å². The van der Waals surface area contributed by atoms with E-state index in [9.17, 15) is 9.59 Å². The molecule has 8 atom stereocenters. The standard InChI is InChI=1S/C45H76O2.C25H36N2O2.ClH/c1-7-8-9-10-11-12-13-14-15-16-17-18-19-20-21-25-43(46)47-38-30-32-44(5)37(34-38)26-27-39-41-29-28-40(36(4)24-22-23-35(2)3)45(41,6)33-31-42(39)44;1-6-21(7-2)20-29-25(22-14-10-8-11-15-22,23-16-12-9-13-17-23)24(28)27(5)19-18-26(3)4;/h11-12,14-15,26,35-36,38-42H,7-10,13,16-25,27-34H2,1-6H3;8-17,21H,6-7,18-20H2,1-5H3;1H/b12-11-,15-14-;;/t36-,38+,39+,40-,41+,42+,44+,45-;;/m1../s1. The molecule has 77 heavy (non-hydrogen) atoms. The van der Waals surface area contributed by atoms with Crippen LogP contribution in [-0.4, -0.2) is 63.7 Å². The van der Waals surface area contributed by atoms with Gasteiger partial charge in [0.1, 0.15) is 6.10 Å². The number of allylic oxidation sites excluding steroid dienone is 5. The van der Waals surface area contributed by atoms with Gasteiger partial charge in [0.15, 0.2) is 5.60 Å². The second-order valence-electron chi connectivity index (χ2n) is 25.7. The Morgan fingerprint density at radius 3 is 1.99 bits per heavy atom. The maximum absolute atomic E-state index is 14.0. The van der Waals surface area contributed by atoms with E-state index >= 15 is 0 Å². The first-order valence-corrected chi connectivity index (χ1v) is 31.6. The molecule has 4 aliphatic rings. The van der Waals surface area contributed by atoms with Crippen molar-refractivity contribution in [3.05, 3.63) is 108 Å². The number of unbranched alkanes of at least 4 members (excludes halogenated alkanes) is 8. The summed E-state index contributed by atoms with van der Waals surface area (Å²) in [6.45, 7) is 21.4. The second kappa shape index (κ2) is 34.2. The van der Waals surface area contributed by atoms with Crippen LogP contribution in [-0.2, 0) is 24.7 Å². The molecule has 0 radical (unpaired) electrons. The molecule has 434 valence electrons. The lowest BCUT2D eigenvalue weighted by atomic mass is 9.47. The number of benzene rings is 2. The van der Waals surface area contributed by atoms with E-state index in [-0.39, 0.29) is 30.4 Å². The van der Waals surface area contributed by atoms with Crippen LogP contribution >= 0.6 is 0 Å². The lowest BCUT2D eigenvalue weighted by molar-refractivity contribution is -0.857. The van der Waals surface area contributed by atoms with Gasteiger partial charge < -0.3 is 31.7 Å². The molecule has 3 saturated carbocycles. The van der Waals surface area contributed by atoms with E-state index in [0.29, 0.717) is 36.3 Å². The number of hydrogen-bond donors (Lipinski definition) is 1. The summed E-state index contributed by atoms with van der Waals surface area (Å²) in [5.74, 6) is 5.71. The molecule has 1 amide bonds. The van der Waals surface area contributed by atoms with Crippen molar-refractivity contribution in [1.82, 2.24) is 4.90 Å². The van der Waals surface area contributed by atoms with Gasteiger partial charge in [0, 0.05) is 19.9 Å². The van der Waals surface area contributed by atoms with Crippen molar-refractivity contribution in [3.8, 4) is 0 Å². The van der Waals surface area contributed by atoms with Gasteiger partial charge in [-0.3, -0.25) is 9.59 Å². The van der Waals surface area contributed by atoms with E-state index in [1.54, 1.807) is 5.57 Å². The van der Waals surface area contributed by atoms with Gasteiger partial charge in [0.2, 0.25) is 0 Å². The van der Waals surface area contributed by atoms with E-state index < -0.39 is 5.60 Å². The summed E-state index contributed by atoms with van der Waals surface area (Å²) >= 11 is 0. The van der Waals surface area contributed by atoms with Crippen LogP contribution in [0.1, 0.15) is 227 Å². The normalized spacial score (nSPS) is 24.4. The number of nitrogens with zero attached hydrogens (tertiary/aromatic N) is 1. The Balaban J connectivity index is 0.000000367. The minimum absolute atomic E-state index is 0. The van der Waals surface area contributed by atoms with Crippen LogP contribution in [0.3, 0.4) is 0 Å². The Hall–Kier alpha value is -3.19. The van der Waals surface area contributed by atoms with Gasteiger partial charge in [-0.1, -0.05) is 216 Å². The molecular weight excluding hydrogens is 968 g/mol. The smallest absolute Gasteiger partial charge is 0.306 e. The number of hydrogen-bond acceptors (Lipinski definition) is 4. The number of ether oxygens (including phenoxy) is 2. The monoisotopic (exact) mass is 1080 g/mol. The molecule has 0 saturated heterocycles. The first kappa shape index (κ1) is 66.3. The fraction of sp³-hybridized carbons (Fsp3) is 0.714. The summed E-state index contributed by atoms with van der Waals surface area (Å²) in [5.41, 5.74) is 3.14. The molecule has 0 aliphatic heterocycles. The van der Waals surface area contributed by atoms with Gasteiger partial charge in [0.25, 0.3) is 5.91 Å². The van der Waals surface area contributed by atoms with Gasteiger partial charge in [-0.2, -0.15) is 0 Å². The number of nitrogens with one attached hydrogen (secondary N) is 1. The van der Waals surface area contributed by atoms with Crippen molar-refractivity contribution in [2.45, 2.75) is 228 Å². The lowest BCUT2D eigenvalue weighted by Gasteiger charge is -2.58. The summed E-state index contributed by atoms with van der Waals surface area (Å²) in [6.07, 6.45) is 42.6. The lowest BCUT2D eigenvalue weighted by Crippen LogP contribution is -3.06. The Morgan fingerprint density at radius 1 is 0.753 bits per heavy atom. The van der Waals surface area contributed by atoms with E-state index in [4.69, 9.17) is 9.47 Å². The number of quaternary nitrogens is 1. The quantitative estimate of drug-likeness (QED) is 0.0464. The number of amides is 1. The molecule has 0 bridgehead atoms. The van der Waals surface area contributed by atoms with Crippen molar-refractivity contribution in [3.63, 3.8) is 0 Å². The molecule has 2 aromatic carbocycles. The predicted molar refractivity (Wildman–Crippen MR) is 321 cm³/mol. The molecule has 7 heteroatoms. The summed E-state index contributed by atoms with van der Waals surface area (Å²) in [7, 11) is 6.08. The highest BCUT2D eigenvalue weighted by Crippen LogP contribution is 2.67. The first-order chi connectivity index (χ1) is 36.6. The zero-order chi connectivity index (χ0) is 55.0. The summed E-state index contributed by atoms with van der Waals surface area (Å²) < 4.78 is 12.8. The molecule has 0 heterocycles. The topological polar surface area (TPSA) is 60.3 Å². The third kappa shape index (κ3) is 18.9. The van der Waals surface area contributed by atoms with Gasteiger partial charge >= 0.3 is 5.97 Å². The van der Waals surface area contributed by atoms with Crippen molar-refractivity contribution >= 4 is 11.9 Å². The van der Waals surface area contributed by atoms with Crippen LogP contribution in [0.5, 0.6) is 0 Å². The first-order valence-electron chi connectivity index (χ1n) is 31.6. The number of carbonyl (C=O) groups excluding carboxylic acids is 2. The van der Waals surface area contributed by atoms with E-state index in [1.807, 2.05) is 72.6 Å². The molecule has 0 spiro atoms. The van der Waals surface area contributed by atoms with Crippen LogP contribution in [0.25, 0.3) is 0 Å². The minimum atomic E-state index is -1.14. The van der Waals surface area contributed by atoms with Crippen LogP contribution < -0.4 is 17.3 Å². The number of esters is 1. The summed E-state index contributed by atoms with van der Waals surface area (Å²) in [6, 6.07) is 19.9. The third-order valence-electron chi connectivity index (χ3n) is 19.5. The molecule has 6 nitrogen and oxygen atoms in total.